The normalized spacial score (nSPS) is 38.0. The van der Waals surface area contributed by atoms with Crippen LogP contribution in [0.1, 0.15) is 13.3 Å². The fourth-order valence-corrected chi connectivity index (χ4v) is 2.34. The SMILES string of the molecule is CCC1C(CO)OC(COC)C([N+](=O)[O-])C1O. The van der Waals surface area contributed by atoms with E-state index < -0.39 is 35.2 Å². The van der Waals surface area contributed by atoms with Gasteiger partial charge in [-0.2, -0.15) is 0 Å². The summed E-state index contributed by atoms with van der Waals surface area (Å²) in [4.78, 5) is 10.4. The highest BCUT2D eigenvalue weighted by molar-refractivity contribution is 4.91. The monoisotopic (exact) mass is 249 g/mol. The van der Waals surface area contributed by atoms with Crippen molar-refractivity contribution in [3.8, 4) is 0 Å². The molecule has 0 aromatic carbocycles. The summed E-state index contributed by atoms with van der Waals surface area (Å²) < 4.78 is 10.3. The van der Waals surface area contributed by atoms with Gasteiger partial charge in [-0.15, -0.1) is 0 Å². The molecule has 0 aliphatic carbocycles. The van der Waals surface area contributed by atoms with Gasteiger partial charge in [0.1, 0.15) is 6.10 Å². The smallest absolute Gasteiger partial charge is 0.266 e. The van der Waals surface area contributed by atoms with Crippen molar-refractivity contribution in [3.63, 3.8) is 0 Å². The first-order valence-corrected chi connectivity index (χ1v) is 5.63. The van der Waals surface area contributed by atoms with Crippen LogP contribution in [0.25, 0.3) is 0 Å². The molecule has 0 bridgehead atoms. The molecule has 0 saturated carbocycles. The minimum absolute atomic E-state index is 0.0235. The Morgan fingerprint density at radius 3 is 2.53 bits per heavy atom. The largest absolute Gasteiger partial charge is 0.394 e. The Bertz CT molecular complexity index is 259. The molecule has 7 heteroatoms. The zero-order valence-corrected chi connectivity index (χ0v) is 9.98. The highest BCUT2D eigenvalue weighted by Crippen LogP contribution is 2.29. The summed E-state index contributed by atoms with van der Waals surface area (Å²) in [6, 6.07) is -1.21. The molecule has 1 rings (SSSR count). The third-order valence-electron chi connectivity index (χ3n) is 3.22. The van der Waals surface area contributed by atoms with Crippen LogP contribution in [0.2, 0.25) is 0 Å². The second kappa shape index (κ2) is 6.25. The zero-order chi connectivity index (χ0) is 13.0. The molecule has 5 atom stereocenters. The number of nitro groups is 1. The van der Waals surface area contributed by atoms with Gasteiger partial charge in [-0.05, 0) is 6.42 Å². The first kappa shape index (κ1) is 14.3. The molecule has 1 saturated heterocycles. The molecule has 1 aliphatic heterocycles. The summed E-state index contributed by atoms with van der Waals surface area (Å²) in [6.07, 6.45) is -2.02. The summed E-state index contributed by atoms with van der Waals surface area (Å²) >= 11 is 0. The van der Waals surface area contributed by atoms with Gasteiger partial charge in [0.25, 0.3) is 6.04 Å². The summed E-state index contributed by atoms with van der Waals surface area (Å²) in [7, 11) is 1.41. The van der Waals surface area contributed by atoms with Crippen molar-refractivity contribution in [1.29, 1.82) is 0 Å². The molecule has 1 fully saturated rings. The van der Waals surface area contributed by atoms with E-state index in [9.17, 15) is 20.3 Å². The molecule has 0 spiro atoms. The number of rotatable bonds is 5. The van der Waals surface area contributed by atoms with Crippen LogP contribution >= 0.6 is 0 Å². The lowest BCUT2D eigenvalue weighted by molar-refractivity contribution is -0.559. The van der Waals surface area contributed by atoms with Gasteiger partial charge in [0.05, 0.1) is 19.3 Å². The van der Waals surface area contributed by atoms with E-state index in [1.807, 2.05) is 0 Å². The number of aliphatic hydroxyl groups excluding tert-OH is 2. The number of nitrogens with zero attached hydrogens (tertiary/aromatic N) is 1. The van der Waals surface area contributed by atoms with E-state index in [0.717, 1.165) is 0 Å². The Hall–Kier alpha value is -0.760. The van der Waals surface area contributed by atoms with Gasteiger partial charge in [0.2, 0.25) is 0 Å². The fraction of sp³-hybridized carbons (Fsp3) is 1.00. The van der Waals surface area contributed by atoms with Crippen molar-refractivity contribution in [3.05, 3.63) is 10.1 Å². The Kier molecular flexibility index (Phi) is 5.26. The van der Waals surface area contributed by atoms with Gasteiger partial charge in [-0.25, -0.2) is 0 Å². The third kappa shape index (κ3) is 2.92. The first-order valence-electron chi connectivity index (χ1n) is 5.63. The van der Waals surface area contributed by atoms with E-state index in [4.69, 9.17) is 9.47 Å². The molecule has 0 aromatic rings. The first-order chi connectivity index (χ1) is 8.06. The zero-order valence-electron chi connectivity index (χ0n) is 9.98. The van der Waals surface area contributed by atoms with Crippen LogP contribution in [0, 0.1) is 16.0 Å². The van der Waals surface area contributed by atoms with Crippen LogP contribution in [-0.4, -0.2) is 59.8 Å². The van der Waals surface area contributed by atoms with E-state index in [0.29, 0.717) is 6.42 Å². The van der Waals surface area contributed by atoms with Crippen LogP contribution < -0.4 is 0 Å². The molecule has 0 amide bonds. The maximum Gasteiger partial charge on any atom is 0.266 e. The minimum Gasteiger partial charge on any atom is -0.394 e. The predicted octanol–water partition coefficient (Wildman–Crippen LogP) is -0.575. The van der Waals surface area contributed by atoms with Crippen LogP contribution in [-0.2, 0) is 9.47 Å². The molecule has 5 unspecified atom stereocenters. The standard InChI is InChI=1S/C10H19NO6/c1-3-6-7(4-12)17-8(5-16-2)9(10(6)13)11(14)15/h6-10,12-13H,3-5H2,1-2H3. The second-order valence-corrected chi connectivity index (χ2v) is 4.19. The number of ether oxygens (including phenoxy) is 2. The van der Waals surface area contributed by atoms with Crippen LogP contribution in [0.5, 0.6) is 0 Å². The van der Waals surface area contributed by atoms with E-state index in [-0.39, 0.29) is 13.2 Å². The lowest BCUT2D eigenvalue weighted by atomic mass is 9.84. The highest BCUT2D eigenvalue weighted by atomic mass is 16.6. The number of aliphatic hydroxyl groups is 2. The van der Waals surface area contributed by atoms with Crippen molar-refractivity contribution in [2.75, 3.05) is 20.3 Å². The van der Waals surface area contributed by atoms with Crippen LogP contribution in [0.4, 0.5) is 0 Å². The predicted molar refractivity (Wildman–Crippen MR) is 58.2 cm³/mol. The molecule has 1 aliphatic rings. The summed E-state index contributed by atoms with van der Waals surface area (Å²) in [5, 5.41) is 30.1. The Balaban J connectivity index is 2.89. The third-order valence-corrected chi connectivity index (χ3v) is 3.22. The maximum atomic E-state index is 11.0. The summed E-state index contributed by atoms with van der Waals surface area (Å²) in [6.45, 7) is 1.56. The molecule has 100 valence electrons. The van der Waals surface area contributed by atoms with E-state index in [2.05, 4.69) is 0 Å². The molecule has 2 N–H and O–H groups in total. The van der Waals surface area contributed by atoms with Gasteiger partial charge in [-0.1, -0.05) is 6.92 Å². The van der Waals surface area contributed by atoms with Crippen molar-refractivity contribution in [2.45, 2.75) is 37.7 Å². The number of hydrogen-bond donors (Lipinski definition) is 2. The topological polar surface area (TPSA) is 102 Å². The van der Waals surface area contributed by atoms with Crippen molar-refractivity contribution in [2.24, 2.45) is 5.92 Å². The molecule has 17 heavy (non-hydrogen) atoms. The number of methoxy groups -OCH3 is 1. The molecular weight excluding hydrogens is 230 g/mol. The fourth-order valence-electron chi connectivity index (χ4n) is 2.34. The average molecular weight is 249 g/mol. The van der Waals surface area contributed by atoms with E-state index in [1.165, 1.54) is 7.11 Å². The number of hydrogen-bond acceptors (Lipinski definition) is 6. The van der Waals surface area contributed by atoms with E-state index in [1.54, 1.807) is 6.92 Å². The molecule has 0 radical (unpaired) electrons. The average Bonchev–Trinajstić information content (AvgIpc) is 2.28. The van der Waals surface area contributed by atoms with Gasteiger partial charge in [0.15, 0.2) is 6.10 Å². The van der Waals surface area contributed by atoms with Crippen molar-refractivity contribution in [1.82, 2.24) is 0 Å². The maximum absolute atomic E-state index is 11.0. The summed E-state index contributed by atoms with van der Waals surface area (Å²) in [5.74, 6) is -0.427. The molecular formula is C10H19NO6. The molecule has 1 heterocycles. The Morgan fingerprint density at radius 1 is 1.47 bits per heavy atom. The summed E-state index contributed by atoms with van der Waals surface area (Å²) in [5.41, 5.74) is 0. The van der Waals surface area contributed by atoms with Crippen molar-refractivity contribution >= 4 is 0 Å². The highest BCUT2D eigenvalue weighted by Gasteiger charge is 2.50. The Morgan fingerprint density at radius 2 is 2.12 bits per heavy atom. The minimum atomic E-state index is -1.21. The van der Waals surface area contributed by atoms with Gasteiger partial charge >= 0.3 is 0 Å². The molecule has 0 aromatic heterocycles. The molecule has 7 nitrogen and oxygen atoms in total. The van der Waals surface area contributed by atoms with E-state index >= 15 is 0 Å². The second-order valence-electron chi connectivity index (χ2n) is 4.19. The van der Waals surface area contributed by atoms with Crippen LogP contribution in [0.3, 0.4) is 0 Å². The lowest BCUT2D eigenvalue weighted by Crippen LogP contribution is -2.59. The van der Waals surface area contributed by atoms with Crippen molar-refractivity contribution < 1.29 is 24.6 Å². The van der Waals surface area contributed by atoms with Gasteiger partial charge < -0.3 is 19.7 Å². The van der Waals surface area contributed by atoms with Gasteiger partial charge in [0, 0.05) is 18.0 Å². The lowest BCUT2D eigenvalue weighted by Gasteiger charge is -2.39. The Labute approximate surface area is 99.5 Å². The van der Waals surface area contributed by atoms with Gasteiger partial charge in [-0.3, -0.25) is 10.1 Å². The quantitative estimate of drug-likeness (QED) is 0.499. The van der Waals surface area contributed by atoms with Crippen LogP contribution in [0.15, 0.2) is 0 Å².